The number of benzene rings is 1. The number of amides is 1. The highest BCUT2D eigenvalue weighted by Crippen LogP contribution is 2.16. The van der Waals surface area contributed by atoms with Gasteiger partial charge in [0, 0.05) is 23.9 Å². The minimum absolute atomic E-state index is 0. The molecule has 0 aliphatic carbocycles. The van der Waals surface area contributed by atoms with Crippen molar-refractivity contribution in [3.8, 4) is 0 Å². The van der Waals surface area contributed by atoms with Gasteiger partial charge in [-0.05, 0) is 30.7 Å². The Morgan fingerprint density at radius 2 is 2.29 bits per heavy atom. The molecule has 1 aliphatic rings. The fourth-order valence-electron chi connectivity index (χ4n) is 1.98. The predicted octanol–water partition coefficient (Wildman–Crippen LogP) is 3.03. The molecule has 0 aromatic heterocycles. The topological polar surface area (TPSA) is 41.1 Å². The van der Waals surface area contributed by atoms with E-state index in [1.807, 2.05) is 24.3 Å². The average Bonchev–Trinajstić information content (AvgIpc) is 2.46. The maximum absolute atomic E-state index is 11.7. The molecule has 1 amide bonds. The van der Waals surface area contributed by atoms with Gasteiger partial charge in [0.2, 0.25) is 5.91 Å². The normalized spacial score (nSPS) is 14.0. The first-order valence-electron chi connectivity index (χ1n) is 6.71. The van der Waals surface area contributed by atoms with Crippen LogP contribution in [0.3, 0.4) is 0 Å². The van der Waals surface area contributed by atoms with E-state index >= 15 is 0 Å². The molecule has 2 N–H and O–H groups in total. The summed E-state index contributed by atoms with van der Waals surface area (Å²) in [6.07, 6.45) is 3.18. The van der Waals surface area contributed by atoms with Crippen molar-refractivity contribution in [2.75, 3.05) is 25.4 Å². The van der Waals surface area contributed by atoms with Crippen molar-refractivity contribution in [2.24, 2.45) is 0 Å². The third-order valence-electron chi connectivity index (χ3n) is 3.06. The van der Waals surface area contributed by atoms with Crippen molar-refractivity contribution in [1.82, 2.24) is 10.6 Å². The van der Waals surface area contributed by atoms with E-state index in [1.165, 1.54) is 5.57 Å². The lowest BCUT2D eigenvalue weighted by Gasteiger charge is -2.14. The van der Waals surface area contributed by atoms with Gasteiger partial charge < -0.3 is 10.6 Å². The van der Waals surface area contributed by atoms with Crippen LogP contribution < -0.4 is 10.6 Å². The van der Waals surface area contributed by atoms with Gasteiger partial charge in [0.1, 0.15) is 0 Å². The molecule has 3 nitrogen and oxygen atoms in total. The van der Waals surface area contributed by atoms with Crippen LogP contribution >= 0.6 is 35.8 Å². The van der Waals surface area contributed by atoms with Gasteiger partial charge in [0.05, 0.1) is 5.75 Å². The molecule has 116 valence electrons. The van der Waals surface area contributed by atoms with Crippen molar-refractivity contribution >= 4 is 41.7 Å². The Hall–Kier alpha value is -0.680. The van der Waals surface area contributed by atoms with Crippen LogP contribution in [0.5, 0.6) is 0 Å². The first kappa shape index (κ1) is 18.4. The lowest BCUT2D eigenvalue weighted by atomic mass is 10.1. The number of rotatable bonds is 6. The lowest BCUT2D eigenvalue weighted by molar-refractivity contribution is -0.118. The van der Waals surface area contributed by atoms with Gasteiger partial charge in [-0.3, -0.25) is 4.79 Å². The highest BCUT2D eigenvalue weighted by Gasteiger charge is 2.06. The van der Waals surface area contributed by atoms with Crippen LogP contribution in [0.2, 0.25) is 5.02 Å². The molecule has 0 saturated heterocycles. The Labute approximate surface area is 141 Å². The van der Waals surface area contributed by atoms with Crippen LogP contribution in [0.15, 0.2) is 35.9 Å². The van der Waals surface area contributed by atoms with Crippen LogP contribution in [-0.2, 0) is 10.5 Å². The van der Waals surface area contributed by atoms with E-state index in [2.05, 4.69) is 16.7 Å². The number of halogens is 2. The Kier molecular flexibility index (Phi) is 8.85. The van der Waals surface area contributed by atoms with E-state index in [9.17, 15) is 4.79 Å². The highest BCUT2D eigenvalue weighted by molar-refractivity contribution is 7.99. The minimum atomic E-state index is 0. The molecule has 1 aromatic rings. The fourth-order valence-corrected chi connectivity index (χ4v) is 3.00. The molecule has 2 rings (SSSR count). The molecule has 0 spiro atoms. The molecule has 21 heavy (non-hydrogen) atoms. The highest BCUT2D eigenvalue weighted by atomic mass is 35.5. The first-order chi connectivity index (χ1) is 9.74. The van der Waals surface area contributed by atoms with E-state index in [1.54, 1.807) is 11.8 Å². The molecule has 0 bridgehead atoms. The van der Waals surface area contributed by atoms with Crippen molar-refractivity contribution in [3.63, 3.8) is 0 Å². The van der Waals surface area contributed by atoms with Gasteiger partial charge in [-0.2, -0.15) is 0 Å². The summed E-state index contributed by atoms with van der Waals surface area (Å²) in [5, 5.41) is 6.96. The van der Waals surface area contributed by atoms with Crippen molar-refractivity contribution in [2.45, 2.75) is 12.2 Å². The third-order valence-corrected chi connectivity index (χ3v) is 4.30. The van der Waals surface area contributed by atoms with Crippen molar-refractivity contribution < 1.29 is 4.79 Å². The summed E-state index contributed by atoms with van der Waals surface area (Å²) in [4.78, 5) is 11.7. The van der Waals surface area contributed by atoms with Crippen LogP contribution in [0, 0.1) is 0 Å². The van der Waals surface area contributed by atoms with E-state index in [4.69, 9.17) is 11.6 Å². The van der Waals surface area contributed by atoms with Crippen molar-refractivity contribution in [1.29, 1.82) is 0 Å². The second-order valence-electron chi connectivity index (χ2n) is 4.72. The summed E-state index contributed by atoms with van der Waals surface area (Å²) in [5.74, 6) is 1.38. The second-order valence-corrected chi connectivity index (χ2v) is 6.14. The van der Waals surface area contributed by atoms with Gasteiger partial charge in [0.15, 0.2) is 0 Å². The number of carbonyl (C=O) groups excluding carboxylic acids is 1. The minimum Gasteiger partial charge on any atom is -0.352 e. The Morgan fingerprint density at radius 3 is 3.00 bits per heavy atom. The van der Waals surface area contributed by atoms with Crippen LogP contribution in [0.1, 0.15) is 12.0 Å². The van der Waals surface area contributed by atoms with E-state index < -0.39 is 0 Å². The van der Waals surface area contributed by atoms with Gasteiger partial charge in [-0.25, -0.2) is 0 Å². The molecule has 6 heteroatoms. The number of hydrogen-bond donors (Lipinski definition) is 2. The summed E-state index contributed by atoms with van der Waals surface area (Å²) in [6, 6.07) is 7.75. The van der Waals surface area contributed by atoms with Gasteiger partial charge >= 0.3 is 0 Å². The SMILES string of the molecule is Cl.O=C(CSCc1cccc(Cl)c1)NCC1=CCNCC1. The summed E-state index contributed by atoms with van der Waals surface area (Å²) >= 11 is 7.53. The zero-order chi connectivity index (χ0) is 14.2. The van der Waals surface area contributed by atoms with Crippen molar-refractivity contribution in [3.05, 3.63) is 46.5 Å². The zero-order valence-corrected chi connectivity index (χ0v) is 14.1. The summed E-state index contributed by atoms with van der Waals surface area (Å²) in [7, 11) is 0. The first-order valence-corrected chi connectivity index (χ1v) is 8.25. The Balaban J connectivity index is 0.00000220. The number of hydrogen-bond acceptors (Lipinski definition) is 3. The molecular weight excluding hydrogens is 327 g/mol. The maximum Gasteiger partial charge on any atom is 0.230 e. The predicted molar refractivity (Wildman–Crippen MR) is 93.4 cm³/mol. The standard InChI is InChI=1S/C15H19ClN2OS.ClH/c16-14-3-1-2-13(8-14)10-20-11-15(19)18-9-12-4-6-17-7-5-12;/h1-4,8,17H,5-7,9-11H2,(H,18,19);1H. The molecule has 1 heterocycles. The molecule has 0 fully saturated rings. The van der Waals surface area contributed by atoms with Crippen LogP contribution in [0.25, 0.3) is 0 Å². The number of nitrogens with one attached hydrogen (secondary N) is 2. The molecule has 0 atom stereocenters. The lowest BCUT2D eigenvalue weighted by Crippen LogP contribution is -2.30. The van der Waals surface area contributed by atoms with E-state index in [0.29, 0.717) is 12.3 Å². The Morgan fingerprint density at radius 1 is 1.43 bits per heavy atom. The molecule has 1 aromatic carbocycles. The largest absolute Gasteiger partial charge is 0.352 e. The fraction of sp³-hybridized carbons (Fsp3) is 0.400. The smallest absolute Gasteiger partial charge is 0.230 e. The molecule has 0 unspecified atom stereocenters. The second kappa shape index (κ2) is 10.1. The third kappa shape index (κ3) is 7.23. The summed E-state index contributed by atoms with van der Waals surface area (Å²) < 4.78 is 0. The van der Waals surface area contributed by atoms with Gasteiger partial charge in [-0.15, -0.1) is 24.2 Å². The number of carbonyl (C=O) groups is 1. The van der Waals surface area contributed by atoms with Gasteiger partial charge in [0.25, 0.3) is 0 Å². The molecule has 0 saturated carbocycles. The van der Waals surface area contributed by atoms with Crippen LogP contribution in [-0.4, -0.2) is 31.3 Å². The maximum atomic E-state index is 11.7. The average molecular weight is 347 g/mol. The van der Waals surface area contributed by atoms with Crippen LogP contribution in [0.4, 0.5) is 0 Å². The molecule has 1 aliphatic heterocycles. The monoisotopic (exact) mass is 346 g/mol. The summed E-state index contributed by atoms with van der Waals surface area (Å²) in [6.45, 7) is 2.60. The molecule has 0 radical (unpaired) electrons. The quantitative estimate of drug-likeness (QED) is 0.778. The number of thioether (sulfide) groups is 1. The zero-order valence-electron chi connectivity index (χ0n) is 11.7. The molecular formula is C15H20Cl2N2OS. The van der Waals surface area contributed by atoms with E-state index in [0.717, 1.165) is 35.8 Å². The van der Waals surface area contributed by atoms with Gasteiger partial charge in [-0.1, -0.05) is 35.4 Å². The van der Waals surface area contributed by atoms with E-state index in [-0.39, 0.29) is 18.3 Å². The summed E-state index contributed by atoms with van der Waals surface area (Å²) in [5.41, 5.74) is 2.47. The Bertz CT molecular complexity index is 494.